The van der Waals surface area contributed by atoms with E-state index in [2.05, 4.69) is 37.9 Å². The third kappa shape index (κ3) is 5.00. The van der Waals surface area contributed by atoms with Crippen LogP contribution in [0.1, 0.15) is 11.8 Å². The van der Waals surface area contributed by atoms with Gasteiger partial charge in [-0.3, -0.25) is 14.6 Å². The molecular formula is C16H24BrN3O2S. The van der Waals surface area contributed by atoms with Crippen molar-refractivity contribution in [1.29, 1.82) is 0 Å². The van der Waals surface area contributed by atoms with Gasteiger partial charge in [0.2, 0.25) is 5.91 Å². The van der Waals surface area contributed by atoms with Gasteiger partial charge in [0.1, 0.15) is 0 Å². The third-order valence-electron chi connectivity index (χ3n) is 4.43. The SMILES string of the molecule is CC1CN(C(=O)CN2CCN(Cc3ccc(Br)s3)CC2)CCO1. The highest BCUT2D eigenvalue weighted by atomic mass is 79.9. The number of morpholine rings is 1. The van der Waals surface area contributed by atoms with Crippen molar-refractivity contribution in [2.45, 2.75) is 19.6 Å². The van der Waals surface area contributed by atoms with Crippen LogP contribution in [0.2, 0.25) is 0 Å². The molecule has 2 saturated heterocycles. The highest BCUT2D eigenvalue weighted by Gasteiger charge is 2.25. The van der Waals surface area contributed by atoms with Gasteiger partial charge in [0.05, 0.1) is 23.0 Å². The fraction of sp³-hybridized carbons (Fsp3) is 0.688. The first-order valence-corrected chi connectivity index (χ1v) is 9.79. The molecule has 0 bridgehead atoms. The third-order valence-corrected chi connectivity index (χ3v) is 6.03. The van der Waals surface area contributed by atoms with Crippen LogP contribution in [0.5, 0.6) is 0 Å². The number of nitrogens with zero attached hydrogens (tertiary/aromatic N) is 3. The van der Waals surface area contributed by atoms with Gasteiger partial charge < -0.3 is 9.64 Å². The molecule has 0 N–H and O–H groups in total. The Morgan fingerprint density at radius 2 is 2.00 bits per heavy atom. The van der Waals surface area contributed by atoms with Gasteiger partial charge in [0.15, 0.2) is 0 Å². The fourth-order valence-corrected chi connectivity index (χ4v) is 4.62. The average Bonchev–Trinajstić information content (AvgIpc) is 2.94. The van der Waals surface area contributed by atoms with Crippen molar-refractivity contribution in [1.82, 2.24) is 14.7 Å². The lowest BCUT2D eigenvalue weighted by molar-refractivity contribution is -0.139. The van der Waals surface area contributed by atoms with Crippen molar-refractivity contribution in [2.24, 2.45) is 0 Å². The summed E-state index contributed by atoms with van der Waals surface area (Å²) in [6, 6.07) is 4.29. The highest BCUT2D eigenvalue weighted by Crippen LogP contribution is 2.23. The maximum Gasteiger partial charge on any atom is 0.236 e. The molecule has 7 heteroatoms. The van der Waals surface area contributed by atoms with E-state index in [1.165, 1.54) is 8.66 Å². The second kappa shape index (κ2) is 8.07. The molecule has 0 aromatic carbocycles. The van der Waals surface area contributed by atoms with Crippen molar-refractivity contribution >= 4 is 33.2 Å². The van der Waals surface area contributed by atoms with Gasteiger partial charge >= 0.3 is 0 Å². The predicted molar refractivity (Wildman–Crippen MR) is 95.7 cm³/mol. The summed E-state index contributed by atoms with van der Waals surface area (Å²) in [6.07, 6.45) is 0.162. The van der Waals surface area contributed by atoms with Gasteiger partial charge in [-0.15, -0.1) is 11.3 Å². The number of hydrogen-bond donors (Lipinski definition) is 0. The molecule has 5 nitrogen and oxygen atoms in total. The maximum absolute atomic E-state index is 12.4. The van der Waals surface area contributed by atoms with Crippen LogP contribution in [0.15, 0.2) is 15.9 Å². The smallest absolute Gasteiger partial charge is 0.236 e. The van der Waals surface area contributed by atoms with Gasteiger partial charge in [0.25, 0.3) is 0 Å². The molecule has 0 saturated carbocycles. The molecule has 2 fully saturated rings. The van der Waals surface area contributed by atoms with Crippen LogP contribution in [0, 0.1) is 0 Å². The number of thiophene rings is 1. The Labute approximate surface area is 150 Å². The van der Waals surface area contributed by atoms with E-state index in [1.807, 2.05) is 11.8 Å². The summed E-state index contributed by atoms with van der Waals surface area (Å²) in [5, 5.41) is 0. The Bertz CT molecular complexity index is 531. The summed E-state index contributed by atoms with van der Waals surface area (Å²) in [6.45, 7) is 9.71. The Hall–Kier alpha value is -0.470. The molecule has 1 unspecified atom stereocenters. The molecular weight excluding hydrogens is 378 g/mol. The largest absolute Gasteiger partial charge is 0.375 e. The molecule has 1 atom stereocenters. The Balaban J connectivity index is 1.41. The second-order valence-corrected chi connectivity index (χ2v) is 8.83. The van der Waals surface area contributed by atoms with Crippen molar-refractivity contribution in [3.05, 3.63) is 20.8 Å². The zero-order chi connectivity index (χ0) is 16.2. The maximum atomic E-state index is 12.4. The van der Waals surface area contributed by atoms with E-state index in [0.717, 1.165) is 45.8 Å². The topological polar surface area (TPSA) is 36.0 Å². The molecule has 23 heavy (non-hydrogen) atoms. The highest BCUT2D eigenvalue weighted by molar-refractivity contribution is 9.11. The summed E-state index contributed by atoms with van der Waals surface area (Å²) < 4.78 is 6.70. The minimum Gasteiger partial charge on any atom is -0.375 e. The molecule has 1 amide bonds. The zero-order valence-electron chi connectivity index (χ0n) is 13.5. The van der Waals surface area contributed by atoms with Gasteiger partial charge in [-0.1, -0.05) is 0 Å². The lowest BCUT2D eigenvalue weighted by atomic mass is 10.2. The van der Waals surface area contributed by atoms with Crippen LogP contribution >= 0.6 is 27.3 Å². The van der Waals surface area contributed by atoms with E-state index in [0.29, 0.717) is 13.2 Å². The van der Waals surface area contributed by atoms with E-state index in [4.69, 9.17) is 4.74 Å². The predicted octanol–water partition coefficient (Wildman–Crippen LogP) is 1.88. The van der Waals surface area contributed by atoms with E-state index in [9.17, 15) is 4.79 Å². The molecule has 0 spiro atoms. The normalized spacial score (nSPS) is 24.1. The van der Waals surface area contributed by atoms with Gasteiger partial charge in [-0.05, 0) is 35.0 Å². The minimum absolute atomic E-state index is 0.162. The van der Waals surface area contributed by atoms with E-state index in [1.54, 1.807) is 11.3 Å². The van der Waals surface area contributed by atoms with Crippen LogP contribution < -0.4 is 0 Å². The standard InChI is InChI=1S/C16H24BrN3O2S/c1-13-10-20(8-9-22-13)16(21)12-19-6-4-18(5-7-19)11-14-2-3-15(17)23-14/h2-3,13H,4-12H2,1H3. The molecule has 2 aliphatic heterocycles. The molecule has 1 aromatic rings. The van der Waals surface area contributed by atoms with Gasteiger partial charge in [0, 0.05) is 50.7 Å². The number of carbonyl (C=O) groups is 1. The van der Waals surface area contributed by atoms with E-state index >= 15 is 0 Å². The van der Waals surface area contributed by atoms with Crippen LogP contribution in [0.25, 0.3) is 0 Å². The summed E-state index contributed by atoms with van der Waals surface area (Å²) in [5.41, 5.74) is 0. The monoisotopic (exact) mass is 401 g/mol. The summed E-state index contributed by atoms with van der Waals surface area (Å²) >= 11 is 5.32. The van der Waals surface area contributed by atoms with Crippen molar-refractivity contribution < 1.29 is 9.53 Å². The second-order valence-electron chi connectivity index (χ2n) is 6.28. The fourth-order valence-electron chi connectivity index (χ4n) is 3.10. The molecule has 1 aromatic heterocycles. The Morgan fingerprint density at radius 1 is 1.26 bits per heavy atom. The van der Waals surface area contributed by atoms with Crippen molar-refractivity contribution in [2.75, 3.05) is 52.4 Å². The lowest BCUT2D eigenvalue weighted by Crippen LogP contribution is -2.52. The Morgan fingerprint density at radius 3 is 2.65 bits per heavy atom. The first-order chi connectivity index (χ1) is 11.1. The summed E-state index contributed by atoms with van der Waals surface area (Å²) in [7, 11) is 0. The van der Waals surface area contributed by atoms with Gasteiger partial charge in [-0.2, -0.15) is 0 Å². The quantitative estimate of drug-likeness (QED) is 0.771. The molecule has 3 heterocycles. The van der Waals surface area contributed by atoms with Crippen LogP contribution in [0.3, 0.4) is 0 Å². The molecule has 0 aliphatic carbocycles. The lowest BCUT2D eigenvalue weighted by Gasteiger charge is -2.36. The first kappa shape index (κ1) is 17.4. The minimum atomic E-state index is 0.162. The number of hydrogen-bond acceptors (Lipinski definition) is 5. The first-order valence-electron chi connectivity index (χ1n) is 8.18. The number of halogens is 1. The number of carbonyl (C=O) groups excluding carboxylic acids is 1. The summed E-state index contributed by atoms with van der Waals surface area (Å²) in [4.78, 5) is 20.5. The van der Waals surface area contributed by atoms with Crippen molar-refractivity contribution in [3.63, 3.8) is 0 Å². The molecule has 2 aliphatic rings. The number of amides is 1. The molecule has 3 rings (SSSR count). The van der Waals surface area contributed by atoms with Crippen LogP contribution in [-0.4, -0.2) is 79.1 Å². The number of ether oxygens (including phenoxy) is 1. The van der Waals surface area contributed by atoms with Crippen LogP contribution in [-0.2, 0) is 16.1 Å². The summed E-state index contributed by atoms with van der Waals surface area (Å²) in [5.74, 6) is 0.246. The average molecular weight is 402 g/mol. The number of piperazine rings is 1. The van der Waals surface area contributed by atoms with Gasteiger partial charge in [-0.25, -0.2) is 0 Å². The zero-order valence-corrected chi connectivity index (χ0v) is 15.9. The number of rotatable bonds is 4. The van der Waals surface area contributed by atoms with E-state index in [-0.39, 0.29) is 12.0 Å². The van der Waals surface area contributed by atoms with E-state index < -0.39 is 0 Å². The Kier molecular flexibility index (Phi) is 6.09. The van der Waals surface area contributed by atoms with Crippen molar-refractivity contribution in [3.8, 4) is 0 Å². The molecule has 0 radical (unpaired) electrons. The van der Waals surface area contributed by atoms with Crippen LogP contribution in [0.4, 0.5) is 0 Å². The molecule has 128 valence electrons.